The number of carbonyl (C=O) groups is 1. The number of alkyl halides is 1. The molecule has 0 aliphatic carbocycles. The molecule has 1 amide bonds. The first-order valence-electron chi connectivity index (χ1n) is 7.51. The number of nitrogens with zero attached hydrogens (tertiary/aromatic N) is 1. The minimum absolute atomic E-state index is 0.000625. The van der Waals surface area contributed by atoms with Gasteiger partial charge < -0.3 is 4.90 Å². The summed E-state index contributed by atoms with van der Waals surface area (Å²) in [5, 5.41) is 0. The van der Waals surface area contributed by atoms with Gasteiger partial charge in [-0.25, -0.2) is 8.78 Å². The summed E-state index contributed by atoms with van der Waals surface area (Å²) >= 11 is 5.69. The van der Waals surface area contributed by atoms with Crippen molar-refractivity contribution in [2.24, 2.45) is 0 Å². The number of anilines is 1. The van der Waals surface area contributed by atoms with Gasteiger partial charge in [-0.3, -0.25) is 4.79 Å². The van der Waals surface area contributed by atoms with Crippen LogP contribution in [0.15, 0.2) is 42.5 Å². The topological polar surface area (TPSA) is 20.3 Å². The number of hydrogen-bond donors (Lipinski definition) is 0. The van der Waals surface area contributed by atoms with Gasteiger partial charge in [-0.15, -0.1) is 11.6 Å². The van der Waals surface area contributed by atoms with E-state index in [0.29, 0.717) is 12.2 Å². The van der Waals surface area contributed by atoms with Crippen LogP contribution in [0.3, 0.4) is 0 Å². The molecule has 5 heteroatoms. The number of halogens is 3. The Labute approximate surface area is 138 Å². The summed E-state index contributed by atoms with van der Waals surface area (Å²) in [7, 11) is 0. The van der Waals surface area contributed by atoms with Gasteiger partial charge in [0.15, 0.2) is 0 Å². The van der Waals surface area contributed by atoms with E-state index in [1.165, 1.54) is 24.3 Å². The van der Waals surface area contributed by atoms with Gasteiger partial charge in [-0.05, 0) is 48.2 Å². The molecule has 1 aliphatic heterocycles. The summed E-state index contributed by atoms with van der Waals surface area (Å²) in [6.45, 7) is 0.500. The highest BCUT2D eigenvalue weighted by molar-refractivity contribution is 6.29. The lowest BCUT2D eigenvalue weighted by Gasteiger charge is -2.23. The third-order valence-electron chi connectivity index (χ3n) is 4.22. The van der Waals surface area contributed by atoms with E-state index >= 15 is 0 Å². The first-order chi connectivity index (χ1) is 11.1. The van der Waals surface area contributed by atoms with Crippen molar-refractivity contribution in [2.75, 3.05) is 17.3 Å². The van der Waals surface area contributed by atoms with E-state index in [4.69, 9.17) is 11.6 Å². The van der Waals surface area contributed by atoms with E-state index in [1.807, 2.05) is 0 Å². The fraction of sp³-hybridized carbons (Fsp3) is 0.278. The highest BCUT2D eigenvalue weighted by Crippen LogP contribution is 2.39. The second kappa shape index (κ2) is 6.67. The van der Waals surface area contributed by atoms with Gasteiger partial charge in [0, 0.05) is 12.5 Å². The number of rotatable bonds is 2. The summed E-state index contributed by atoms with van der Waals surface area (Å²) in [5.74, 6) is -1.06. The zero-order valence-electron chi connectivity index (χ0n) is 12.4. The summed E-state index contributed by atoms with van der Waals surface area (Å²) in [6.07, 6.45) is 1.57. The minimum Gasteiger partial charge on any atom is -0.311 e. The van der Waals surface area contributed by atoms with Crippen LogP contribution in [-0.4, -0.2) is 18.3 Å². The molecule has 0 saturated carbocycles. The van der Waals surface area contributed by atoms with Gasteiger partial charge in [0.25, 0.3) is 0 Å². The van der Waals surface area contributed by atoms with Crippen LogP contribution in [0.1, 0.15) is 29.9 Å². The lowest BCUT2D eigenvalue weighted by molar-refractivity contribution is -0.116. The molecule has 23 heavy (non-hydrogen) atoms. The highest BCUT2D eigenvalue weighted by Gasteiger charge is 2.27. The Bertz CT molecular complexity index is 717. The maximum atomic E-state index is 13.7. The van der Waals surface area contributed by atoms with Crippen molar-refractivity contribution in [3.8, 4) is 0 Å². The van der Waals surface area contributed by atoms with Crippen LogP contribution in [0.2, 0.25) is 0 Å². The molecule has 0 fully saturated rings. The van der Waals surface area contributed by atoms with Crippen molar-refractivity contribution >= 4 is 23.2 Å². The van der Waals surface area contributed by atoms with Gasteiger partial charge in [0.05, 0.1) is 5.69 Å². The molecule has 0 saturated heterocycles. The number of fused-ring (bicyclic) bond motifs is 1. The minimum atomic E-state index is -0.393. The fourth-order valence-electron chi connectivity index (χ4n) is 3.15. The van der Waals surface area contributed by atoms with Crippen LogP contribution in [0.4, 0.5) is 14.5 Å². The molecule has 2 aromatic rings. The van der Waals surface area contributed by atoms with E-state index in [-0.39, 0.29) is 23.5 Å². The maximum Gasteiger partial charge on any atom is 0.241 e. The van der Waals surface area contributed by atoms with Gasteiger partial charge in [-0.1, -0.05) is 18.2 Å². The Balaban J connectivity index is 2.09. The van der Waals surface area contributed by atoms with Crippen molar-refractivity contribution in [1.82, 2.24) is 0 Å². The zero-order chi connectivity index (χ0) is 16.4. The standard InChI is InChI=1S/C18H16ClF2NO/c19-11-18(23)22-9-1-2-15(12-3-5-13(20)6-4-12)16-8-7-14(21)10-17(16)22/h3-8,10,15H,1-2,9,11H2. The van der Waals surface area contributed by atoms with E-state index in [9.17, 15) is 13.6 Å². The first-order valence-corrected chi connectivity index (χ1v) is 8.05. The average molecular weight is 336 g/mol. The third kappa shape index (κ3) is 3.22. The second-order valence-electron chi connectivity index (χ2n) is 5.63. The summed E-state index contributed by atoms with van der Waals surface area (Å²) < 4.78 is 26.9. The second-order valence-corrected chi connectivity index (χ2v) is 5.90. The lowest BCUT2D eigenvalue weighted by Crippen LogP contribution is -2.32. The molecule has 0 bridgehead atoms. The van der Waals surface area contributed by atoms with Gasteiger partial charge in [0.1, 0.15) is 17.5 Å². The third-order valence-corrected chi connectivity index (χ3v) is 4.45. The monoisotopic (exact) mass is 335 g/mol. The number of carbonyl (C=O) groups excluding carboxylic acids is 1. The number of amides is 1. The zero-order valence-corrected chi connectivity index (χ0v) is 13.2. The molecule has 1 aliphatic rings. The van der Waals surface area contributed by atoms with Crippen LogP contribution in [0, 0.1) is 11.6 Å². The van der Waals surface area contributed by atoms with Crippen LogP contribution >= 0.6 is 11.6 Å². The van der Waals surface area contributed by atoms with E-state index in [0.717, 1.165) is 24.0 Å². The fourth-order valence-corrected chi connectivity index (χ4v) is 3.29. The normalized spacial score (nSPS) is 17.5. The Morgan fingerprint density at radius 2 is 1.83 bits per heavy atom. The van der Waals surface area contributed by atoms with E-state index < -0.39 is 5.82 Å². The largest absolute Gasteiger partial charge is 0.311 e. The van der Waals surface area contributed by atoms with Crippen LogP contribution in [-0.2, 0) is 4.79 Å². The Hall–Kier alpha value is -1.94. The predicted octanol–water partition coefficient (Wildman–Crippen LogP) is 4.46. The van der Waals surface area contributed by atoms with Crippen molar-refractivity contribution in [3.05, 3.63) is 65.2 Å². The van der Waals surface area contributed by atoms with Crippen LogP contribution in [0.5, 0.6) is 0 Å². The van der Waals surface area contributed by atoms with Gasteiger partial charge in [-0.2, -0.15) is 0 Å². The van der Waals surface area contributed by atoms with Crippen molar-refractivity contribution in [2.45, 2.75) is 18.8 Å². The first kappa shape index (κ1) is 15.9. The molecule has 3 rings (SSSR count). The molecular weight excluding hydrogens is 320 g/mol. The van der Waals surface area contributed by atoms with Crippen LogP contribution < -0.4 is 4.90 Å². The molecule has 0 spiro atoms. The quantitative estimate of drug-likeness (QED) is 0.742. The number of hydrogen-bond acceptors (Lipinski definition) is 1. The average Bonchev–Trinajstić information content (AvgIpc) is 2.74. The Morgan fingerprint density at radius 1 is 1.13 bits per heavy atom. The van der Waals surface area contributed by atoms with Crippen molar-refractivity contribution in [1.29, 1.82) is 0 Å². The molecule has 1 unspecified atom stereocenters. The predicted molar refractivity (Wildman–Crippen MR) is 87.0 cm³/mol. The lowest BCUT2D eigenvalue weighted by atomic mass is 9.87. The SMILES string of the molecule is O=C(CCl)N1CCCC(c2ccc(F)cc2)c2ccc(F)cc21. The van der Waals surface area contributed by atoms with Crippen molar-refractivity contribution < 1.29 is 13.6 Å². The highest BCUT2D eigenvalue weighted by atomic mass is 35.5. The van der Waals surface area contributed by atoms with Gasteiger partial charge >= 0.3 is 0 Å². The molecule has 1 heterocycles. The number of benzene rings is 2. The molecule has 2 nitrogen and oxygen atoms in total. The smallest absolute Gasteiger partial charge is 0.241 e. The Morgan fingerprint density at radius 3 is 2.52 bits per heavy atom. The molecule has 1 atom stereocenters. The molecule has 0 aromatic heterocycles. The molecular formula is C18H16ClF2NO. The van der Waals surface area contributed by atoms with E-state index in [2.05, 4.69) is 0 Å². The maximum absolute atomic E-state index is 13.7. The van der Waals surface area contributed by atoms with E-state index in [1.54, 1.807) is 23.1 Å². The molecule has 120 valence electrons. The van der Waals surface area contributed by atoms with Crippen LogP contribution in [0.25, 0.3) is 0 Å². The molecule has 0 N–H and O–H groups in total. The molecule has 0 radical (unpaired) electrons. The summed E-state index contributed by atoms with van der Waals surface area (Å²) in [6, 6.07) is 10.8. The van der Waals surface area contributed by atoms with Gasteiger partial charge in [0.2, 0.25) is 5.91 Å². The molecule has 2 aromatic carbocycles. The Kier molecular flexibility index (Phi) is 4.62. The van der Waals surface area contributed by atoms with Crippen molar-refractivity contribution in [3.63, 3.8) is 0 Å². The summed E-state index contributed by atoms with van der Waals surface area (Å²) in [4.78, 5) is 13.7. The summed E-state index contributed by atoms with van der Waals surface area (Å²) in [5.41, 5.74) is 2.39.